The Balaban J connectivity index is 2.92. The second-order valence-electron chi connectivity index (χ2n) is 3.98. The quantitative estimate of drug-likeness (QED) is 0.851. The molecule has 0 bridgehead atoms. The first-order valence-electron chi connectivity index (χ1n) is 5.23. The van der Waals surface area contributed by atoms with Gasteiger partial charge in [0.25, 0.3) is 0 Å². The molecule has 0 aliphatic carbocycles. The van der Waals surface area contributed by atoms with Gasteiger partial charge in [0.1, 0.15) is 0 Å². The lowest BCUT2D eigenvalue weighted by atomic mass is 9.87. The van der Waals surface area contributed by atoms with Crippen LogP contribution in [0.15, 0.2) is 18.2 Å². The molecule has 0 radical (unpaired) electrons. The Morgan fingerprint density at radius 2 is 1.80 bits per heavy atom. The van der Waals surface area contributed by atoms with E-state index in [2.05, 4.69) is 13.8 Å². The van der Waals surface area contributed by atoms with Crippen molar-refractivity contribution < 1.29 is 0 Å². The summed E-state index contributed by atoms with van der Waals surface area (Å²) in [5.74, 6) is 0. The maximum atomic E-state index is 6.25. The van der Waals surface area contributed by atoms with Crippen molar-refractivity contribution in [3.8, 4) is 0 Å². The Hall–Kier alpha value is -0.240. The van der Waals surface area contributed by atoms with Crippen LogP contribution in [0.5, 0.6) is 0 Å². The van der Waals surface area contributed by atoms with Crippen LogP contribution in [-0.2, 0) is 6.42 Å². The number of hydrogen-bond donors (Lipinski definition) is 1. The summed E-state index contributed by atoms with van der Waals surface area (Å²) >= 11 is 12.0. The second kappa shape index (κ2) is 5.20. The standard InChI is InChI=1S/C12H17Cl2N/c1-3-12(15,4-2)8-9-7-10(13)5-6-11(9)14/h5-7H,3-4,8,15H2,1-2H3. The van der Waals surface area contributed by atoms with E-state index in [0.29, 0.717) is 5.02 Å². The molecule has 15 heavy (non-hydrogen) atoms. The van der Waals surface area contributed by atoms with Crippen molar-refractivity contribution in [2.45, 2.75) is 38.6 Å². The molecular formula is C12H17Cl2N. The lowest BCUT2D eigenvalue weighted by molar-refractivity contribution is 0.393. The van der Waals surface area contributed by atoms with Crippen molar-refractivity contribution in [3.05, 3.63) is 33.8 Å². The molecule has 1 aromatic carbocycles. The van der Waals surface area contributed by atoms with Crippen LogP contribution in [0.3, 0.4) is 0 Å². The van der Waals surface area contributed by atoms with Gasteiger partial charge in [-0.3, -0.25) is 0 Å². The van der Waals surface area contributed by atoms with Gasteiger partial charge in [-0.15, -0.1) is 0 Å². The summed E-state index contributed by atoms with van der Waals surface area (Å²) in [7, 11) is 0. The molecule has 0 amide bonds. The maximum Gasteiger partial charge on any atom is 0.0439 e. The third-order valence-electron chi connectivity index (χ3n) is 2.96. The van der Waals surface area contributed by atoms with Crippen LogP contribution in [0.4, 0.5) is 0 Å². The molecule has 0 heterocycles. The fourth-order valence-corrected chi connectivity index (χ4v) is 1.94. The molecule has 0 spiro atoms. The highest BCUT2D eigenvalue weighted by molar-refractivity contribution is 6.33. The summed E-state index contributed by atoms with van der Waals surface area (Å²) in [4.78, 5) is 0. The zero-order valence-electron chi connectivity index (χ0n) is 9.19. The van der Waals surface area contributed by atoms with E-state index in [0.717, 1.165) is 29.8 Å². The van der Waals surface area contributed by atoms with Crippen LogP contribution < -0.4 is 5.73 Å². The number of nitrogens with two attached hydrogens (primary N) is 1. The Kier molecular flexibility index (Phi) is 4.45. The van der Waals surface area contributed by atoms with Crippen molar-refractivity contribution in [3.63, 3.8) is 0 Å². The number of rotatable bonds is 4. The summed E-state index contributed by atoms with van der Waals surface area (Å²) in [6.45, 7) is 4.20. The molecule has 1 nitrogen and oxygen atoms in total. The summed E-state index contributed by atoms with van der Waals surface area (Å²) in [5, 5.41) is 1.46. The van der Waals surface area contributed by atoms with Gasteiger partial charge in [0.05, 0.1) is 0 Å². The van der Waals surface area contributed by atoms with Crippen molar-refractivity contribution >= 4 is 23.2 Å². The van der Waals surface area contributed by atoms with Crippen LogP contribution in [0.2, 0.25) is 10.0 Å². The predicted octanol–water partition coefficient (Wildman–Crippen LogP) is 4.05. The first-order valence-corrected chi connectivity index (χ1v) is 5.99. The summed E-state index contributed by atoms with van der Waals surface area (Å²) < 4.78 is 0. The highest BCUT2D eigenvalue weighted by Crippen LogP contribution is 2.26. The number of halogens is 2. The predicted molar refractivity (Wildman–Crippen MR) is 67.7 cm³/mol. The van der Waals surface area contributed by atoms with Crippen LogP contribution in [0.25, 0.3) is 0 Å². The lowest BCUT2D eigenvalue weighted by Gasteiger charge is -2.27. The molecule has 0 fully saturated rings. The highest BCUT2D eigenvalue weighted by atomic mass is 35.5. The minimum absolute atomic E-state index is 0.172. The average Bonchev–Trinajstić information content (AvgIpc) is 2.23. The number of benzene rings is 1. The molecule has 3 heteroatoms. The molecule has 0 unspecified atom stereocenters. The van der Waals surface area contributed by atoms with Gasteiger partial charge >= 0.3 is 0 Å². The molecule has 0 aromatic heterocycles. The van der Waals surface area contributed by atoms with Crippen molar-refractivity contribution in [1.82, 2.24) is 0 Å². The molecule has 0 saturated carbocycles. The monoisotopic (exact) mass is 245 g/mol. The third kappa shape index (κ3) is 3.37. The normalized spacial score (nSPS) is 11.8. The van der Waals surface area contributed by atoms with Gasteiger partial charge in [0.15, 0.2) is 0 Å². The molecule has 0 aliphatic rings. The van der Waals surface area contributed by atoms with E-state index in [1.807, 2.05) is 12.1 Å². The van der Waals surface area contributed by atoms with E-state index in [4.69, 9.17) is 28.9 Å². The van der Waals surface area contributed by atoms with E-state index >= 15 is 0 Å². The van der Waals surface area contributed by atoms with Gasteiger partial charge in [-0.25, -0.2) is 0 Å². The van der Waals surface area contributed by atoms with Gasteiger partial charge in [-0.05, 0) is 43.0 Å². The number of hydrogen-bond acceptors (Lipinski definition) is 1. The van der Waals surface area contributed by atoms with Gasteiger partial charge < -0.3 is 5.73 Å². The zero-order valence-corrected chi connectivity index (χ0v) is 10.7. The van der Waals surface area contributed by atoms with Crippen molar-refractivity contribution in [2.75, 3.05) is 0 Å². The average molecular weight is 246 g/mol. The lowest BCUT2D eigenvalue weighted by Crippen LogP contribution is -2.40. The first-order chi connectivity index (χ1) is 7.00. The zero-order chi connectivity index (χ0) is 11.5. The van der Waals surface area contributed by atoms with Crippen LogP contribution in [-0.4, -0.2) is 5.54 Å². The van der Waals surface area contributed by atoms with E-state index in [9.17, 15) is 0 Å². The Morgan fingerprint density at radius 3 is 2.33 bits per heavy atom. The molecule has 2 N–H and O–H groups in total. The van der Waals surface area contributed by atoms with Crippen molar-refractivity contribution in [1.29, 1.82) is 0 Å². The molecule has 1 rings (SSSR count). The van der Waals surface area contributed by atoms with Gasteiger partial charge in [-0.1, -0.05) is 37.0 Å². The van der Waals surface area contributed by atoms with E-state index in [1.54, 1.807) is 6.07 Å². The van der Waals surface area contributed by atoms with Gasteiger partial charge in [0, 0.05) is 15.6 Å². The Labute approximate surface area is 102 Å². The minimum atomic E-state index is -0.172. The van der Waals surface area contributed by atoms with Gasteiger partial charge in [0.2, 0.25) is 0 Å². The highest BCUT2D eigenvalue weighted by Gasteiger charge is 2.21. The second-order valence-corrected chi connectivity index (χ2v) is 4.83. The van der Waals surface area contributed by atoms with E-state index < -0.39 is 0 Å². The molecule has 0 saturated heterocycles. The fraction of sp³-hybridized carbons (Fsp3) is 0.500. The maximum absolute atomic E-state index is 6.25. The Bertz CT molecular complexity index is 332. The Morgan fingerprint density at radius 1 is 1.20 bits per heavy atom. The topological polar surface area (TPSA) is 26.0 Å². The van der Waals surface area contributed by atoms with Gasteiger partial charge in [-0.2, -0.15) is 0 Å². The molecule has 0 aliphatic heterocycles. The summed E-state index contributed by atoms with van der Waals surface area (Å²) in [6.07, 6.45) is 2.65. The van der Waals surface area contributed by atoms with E-state index in [1.165, 1.54) is 0 Å². The summed E-state index contributed by atoms with van der Waals surface area (Å²) in [6, 6.07) is 5.52. The largest absolute Gasteiger partial charge is 0.325 e. The molecule has 1 aromatic rings. The molecular weight excluding hydrogens is 229 g/mol. The first kappa shape index (κ1) is 12.8. The third-order valence-corrected chi connectivity index (χ3v) is 3.56. The van der Waals surface area contributed by atoms with Crippen LogP contribution in [0, 0.1) is 0 Å². The minimum Gasteiger partial charge on any atom is -0.325 e. The fourth-order valence-electron chi connectivity index (χ4n) is 1.56. The molecule has 84 valence electrons. The van der Waals surface area contributed by atoms with Crippen LogP contribution in [0.1, 0.15) is 32.3 Å². The smallest absolute Gasteiger partial charge is 0.0439 e. The van der Waals surface area contributed by atoms with E-state index in [-0.39, 0.29) is 5.54 Å². The molecule has 0 atom stereocenters. The van der Waals surface area contributed by atoms with Crippen molar-refractivity contribution in [2.24, 2.45) is 5.73 Å². The SMILES string of the molecule is CCC(N)(CC)Cc1cc(Cl)ccc1Cl. The van der Waals surface area contributed by atoms with Crippen LogP contribution >= 0.6 is 23.2 Å². The summed E-state index contributed by atoms with van der Waals surface area (Å²) in [5.41, 5.74) is 7.11.